The number of hydrazine groups is 1. The van der Waals surface area contributed by atoms with Crippen molar-refractivity contribution in [3.8, 4) is 5.75 Å². The minimum Gasteiger partial charge on any atom is -0.496 e. The van der Waals surface area contributed by atoms with Gasteiger partial charge in [0.2, 0.25) is 0 Å². The van der Waals surface area contributed by atoms with Crippen LogP contribution in [0.25, 0.3) is 0 Å². The second-order valence-electron chi connectivity index (χ2n) is 4.67. The van der Waals surface area contributed by atoms with Crippen molar-refractivity contribution in [2.45, 2.75) is 19.4 Å². The summed E-state index contributed by atoms with van der Waals surface area (Å²) in [4.78, 5) is 4.13. The van der Waals surface area contributed by atoms with Crippen LogP contribution in [0.2, 0.25) is 0 Å². The molecule has 0 radical (unpaired) electrons. The van der Waals surface area contributed by atoms with Gasteiger partial charge in [-0.1, -0.05) is 17.7 Å². The van der Waals surface area contributed by atoms with Crippen molar-refractivity contribution in [3.63, 3.8) is 0 Å². The Labute approximate surface area is 113 Å². The van der Waals surface area contributed by atoms with Gasteiger partial charge in [-0.15, -0.1) is 0 Å². The molecule has 1 aromatic heterocycles. The van der Waals surface area contributed by atoms with E-state index in [4.69, 9.17) is 10.6 Å². The molecule has 1 atom stereocenters. The van der Waals surface area contributed by atoms with Crippen LogP contribution in [-0.2, 0) is 13.5 Å². The van der Waals surface area contributed by atoms with Crippen LogP contribution >= 0.6 is 0 Å². The molecule has 0 aliphatic carbocycles. The highest BCUT2D eigenvalue weighted by molar-refractivity contribution is 5.38. The third-order valence-corrected chi connectivity index (χ3v) is 3.27. The summed E-state index contributed by atoms with van der Waals surface area (Å²) in [7, 11) is 3.64. The molecule has 3 N–H and O–H groups in total. The standard InChI is InChI=1S/C14H20N4O/c1-10-4-5-14(19-3)11(6-10)7-12(17-15)13-8-16-9-18(13)2/h4-6,8-9,12,17H,7,15H2,1-3H3. The van der Waals surface area contributed by atoms with Gasteiger partial charge in [-0.3, -0.25) is 11.3 Å². The van der Waals surface area contributed by atoms with Crippen molar-refractivity contribution in [1.82, 2.24) is 15.0 Å². The SMILES string of the molecule is COc1ccc(C)cc1CC(NN)c1cncn1C. The van der Waals surface area contributed by atoms with E-state index in [2.05, 4.69) is 23.4 Å². The van der Waals surface area contributed by atoms with E-state index in [0.29, 0.717) is 0 Å². The first-order valence-electron chi connectivity index (χ1n) is 6.21. The van der Waals surface area contributed by atoms with Gasteiger partial charge in [-0.05, 0) is 25.0 Å². The van der Waals surface area contributed by atoms with Crippen molar-refractivity contribution in [3.05, 3.63) is 47.5 Å². The smallest absolute Gasteiger partial charge is 0.122 e. The molecule has 2 rings (SSSR count). The van der Waals surface area contributed by atoms with Crippen molar-refractivity contribution < 1.29 is 4.74 Å². The average Bonchev–Trinajstić information content (AvgIpc) is 2.82. The van der Waals surface area contributed by atoms with Crippen molar-refractivity contribution in [1.29, 1.82) is 0 Å². The first-order valence-corrected chi connectivity index (χ1v) is 6.21. The highest BCUT2D eigenvalue weighted by Crippen LogP contribution is 2.25. The zero-order valence-electron chi connectivity index (χ0n) is 11.6. The lowest BCUT2D eigenvalue weighted by Gasteiger charge is -2.18. The maximum atomic E-state index is 5.68. The summed E-state index contributed by atoms with van der Waals surface area (Å²) in [5.74, 6) is 6.56. The maximum Gasteiger partial charge on any atom is 0.122 e. The van der Waals surface area contributed by atoms with E-state index in [9.17, 15) is 0 Å². The number of nitrogens with zero attached hydrogens (tertiary/aromatic N) is 2. The molecule has 0 spiro atoms. The molecular formula is C14H20N4O. The highest BCUT2D eigenvalue weighted by atomic mass is 16.5. The Morgan fingerprint density at radius 1 is 1.47 bits per heavy atom. The number of benzene rings is 1. The van der Waals surface area contributed by atoms with Gasteiger partial charge in [-0.2, -0.15) is 0 Å². The number of imidazole rings is 1. The first-order chi connectivity index (χ1) is 9.15. The summed E-state index contributed by atoms with van der Waals surface area (Å²) in [5.41, 5.74) is 6.23. The number of rotatable bonds is 5. The Kier molecular flexibility index (Phi) is 4.19. The monoisotopic (exact) mass is 260 g/mol. The van der Waals surface area contributed by atoms with Gasteiger partial charge >= 0.3 is 0 Å². The average molecular weight is 260 g/mol. The molecule has 0 fully saturated rings. The third-order valence-electron chi connectivity index (χ3n) is 3.27. The summed E-state index contributed by atoms with van der Waals surface area (Å²) < 4.78 is 7.37. The van der Waals surface area contributed by atoms with Gasteiger partial charge in [0.05, 0.1) is 25.2 Å². The number of methoxy groups -OCH3 is 1. The zero-order valence-corrected chi connectivity index (χ0v) is 11.6. The molecule has 0 saturated heterocycles. The topological polar surface area (TPSA) is 65.1 Å². The Bertz CT molecular complexity index is 550. The minimum atomic E-state index is 0.00296. The van der Waals surface area contributed by atoms with Crippen LogP contribution in [0.15, 0.2) is 30.7 Å². The number of nitrogens with one attached hydrogen (secondary N) is 1. The Morgan fingerprint density at radius 3 is 2.84 bits per heavy atom. The summed E-state index contributed by atoms with van der Waals surface area (Å²) >= 11 is 0. The lowest BCUT2D eigenvalue weighted by Crippen LogP contribution is -2.31. The van der Waals surface area contributed by atoms with Crippen LogP contribution < -0.4 is 16.0 Å². The number of aromatic nitrogens is 2. The van der Waals surface area contributed by atoms with Gasteiger partial charge in [-0.25, -0.2) is 4.98 Å². The fraction of sp³-hybridized carbons (Fsp3) is 0.357. The number of aryl methyl sites for hydroxylation is 2. The van der Waals surface area contributed by atoms with Gasteiger partial charge in [0.15, 0.2) is 0 Å². The van der Waals surface area contributed by atoms with Crippen LogP contribution in [0.1, 0.15) is 22.9 Å². The molecule has 0 saturated carbocycles. The van der Waals surface area contributed by atoms with Crippen molar-refractivity contribution in [2.75, 3.05) is 7.11 Å². The fourth-order valence-corrected chi connectivity index (χ4v) is 2.24. The molecule has 0 aliphatic heterocycles. The molecule has 5 nitrogen and oxygen atoms in total. The van der Waals surface area contributed by atoms with Crippen molar-refractivity contribution in [2.24, 2.45) is 12.9 Å². The maximum absolute atomic E-state index is 5.68. The molecule has 19 heavy (non-hydrogen) atoms. The largest absolute Gasteiger partial charge is 0.496 e. The highest BCUT2D eigenvalue weighted by Gasteiger charge is 2.16. The Hall–Kier alpha value is -1.85. The summed E-state index contributed by atoms with van der Waals surface area (Å²) in [5, 5.41) is 0. The van der Waals surface area contributed by atoms with Crippen LogP contribution in [0, 0.1) is 6.92 Å². The van der Waals surface area contributed by atoms with Gasteiger partial charge in [0, 0.05) is 13.2 Å². The molecule has 2 aromatic rings. The Balaban J connectivity index is 2.28. The van der Waals surface area contributed by atoms with Crippen LogP contribution in [-0.4, -0.2) is 16.7 Å². The lowest BCUT2D eigenvalue weighted by molar-refractivity contribution is 0.404. The molecule has 1 aromatic carbocycles. The van der Waals surface area contributed by atoms with Gasteiger partial charge < -0.3 is 9.30 Å². The number of ether oxygens (including phenoxy) is 1. The lowest BCUT2D eigenvalue weighted by atomic mass is 10.0. The molecule has 0 bridgehead atoms. The first kappa shape index (κ1) is 13.6. The fourth-order valence-electron chi connectivity index (χ4n) is 2.24. The van der Waals surface area contributed by atoms with Crippen molar-refractivity contribution >= 4 is 0 Å². The molecule has 0 amide bonds. The molecule has 1 heterocycles. The van der Waals surface area contributed by atoms with E-state index < -0.39 is 0 Å². The van der Waals surface area contributed by atoms with Gasteiger partial charge in [0.25, 0.3) is 0 Å². The van der Waals surface area contributed by atoms with Crippen LogP contribution in [0.4, 0.5) is 0 Å². The number of nitrogens with two attached hydrogens (primary N) is 1. The molecule has 1 unspecified atom stereocenters. The van der Waals surface area contributed by atoms with E-state index in [1.165, 1.54) is 5.56 Å². The molecule has 5 heteroatoms. The van der Waals surface area contributed by atoms with E-state index in [1.807, 2.05) is 29.9 Å². The molecular weight excluding hydrogens is 240 g/mol. The summed E-state index contributed by atoms with van der Waals surface area (Å²) in [6, 6.07) is 6.15. The minimum absolute atomic E-state index is 0.00296. The number of hydrogen-bond acceptors (Lipinski definition) is 4. The van der Waals surface area contributed by atoms with E-state index >= 15 is 0 Å². The second kappa shape index (κ2) is 5.86. The predicted molar refractivity (Wildman–Crippen MR) is 74.7 cm³/mol. The quantitative estimate of drug-likeness (QED) is 0.631. The van der Waals surface area contributed by atoms with Crippen LogP contribution in [0.5, 0.6) is 5.75 Å². The molecule has 0 aliphatic rings. The third kappa shape index (κ3) is 2.94. The second-order valence-corrected chi connectivity index (χ2v) is 4.67. The summed E-state index contributed by atoms with van der Waals surface area (Å²) in [6.07, 6.45) is 4.35. The van der Waals surface area contributed by atoms with Gasteiger partial charge in [0.1, 0.15) is 5.75 Å². The van der Waals surface area contributed by atoms with E-state index in [-0.39, 0.29) is 6.04 Å². The van der Waals surface area contributed by atoms with E-state index in [0.717, 1.165) is 23.4 Å². The normalized spacial score (nSPS) is 12.4. The number of hydrogen-bond donors (Lipinski definition) is 2. The predicted octanol–water partition coefficient (Wildman–Crippen LogP) is 1.48. The molecule has 102 valence electrons. The zero-order chi connectivity index (χ0) is 13.8. The Morgan fingerprint density at radius 2 is 2.26 bits per heavy atom. The summed E-state index contributed by atoms with van der Waals surface area (Å²) in [6.45, 7) is 2.07. The van der Waals surface area contributed by atoms with E-state index in [1.54, 1.807) is 13.4 Å². The van der Waals surface area contributed by atoms with Crippen LogP contribution in [0.3, 0.4) is 0 Å².